The van der Waals surface area contributed by atoms with Crippen molar-refractivity contribution in [2.24, 2.45) is 11.1 Å². The molecule has 0 unspecified atom stereocenters. The second kappa shape index (κ2) is 3.72. The van der Waals surface area contributed by atoms with Crippen molar-refractivity contribution in [3.8, 4) is 0 Å². The smallest absolute Gasteiger partial charge is 0.252 e. The average molecular weight is 231 g/mol. The summed E-state index contributed by atoms with van der Waals surface area (Å²) >= 11 is 0. The van der Waals surface area contributed by atoms with Crippen molar-refractivity contribution in [3.63, 3.8) is 0 Å². The van der Waals surface area contributed by atoms with Crippen LogP contribution in [0.1, 0.15) is 36.0 Å². The van der Waals surface area contributed by atoms with Crippen molar-refractivity contribution < 1.29 is 4.79 Å². The minimum absolute atomic E-state index is 0.386. The maximum absolute atomic E-state index is 11.4. The lowest BCUT2D eigenvalue weighted by Gasteiger charge is -2.35. The molecule has 1 aliphatic carbocycles. The number of hydrogen-bond donors (Lipinski definition) is 1. The monoisotopic (exact) mass is 231 g/mol. The topological polar surface area (TPSA) is 59.2 Å². The average Bonchev–Trinajstić information content (AvgIpc) is 3.08. The van der Waals surface area contributed by atoms with Crippen LogP contribution in [0.25, 0.3) is 0 Å². The van der Waals surface area contributed by atoms with Gasteiger partial charge in [0.05, 0.1) is 11.3 Å². The van der Waals surface area contributed by atoms with Gasteiger partial charge in [0.2, 0.25) is 0 Å². The number of anilines is 1. The molecule has 2 heterocycles. The molecule has 1 saturated heterocycles. The van der Waals surface area contributed by atoms with Crippen LogP contribution in [0.4, 0.5) is 5.69 Å². The number of nitrogens with zero attached hydrogens (tertiary/aromatic N) is 2. The molecule has 1 aliphatic heterocycles. The molecule has 2 aliphatic rings. The van der Waals surface area contributed by atoms with Crippen molar-refractivity contribution in [1.82, 2.24) is 4.98 Å². The van der Waals surface area contributed by atoms with Gasteiger partial charge in [0.1, 0.15) is 0 Å². The van der Waals surface area contributed by atoms with Gasteiger partial charge in [-0.1, -0.05) is 0 Å². The van der Waals surface area contributed by atoms with E-state index < -0.39 is 0 Å². The third-order valence-corrected chi connectivity index (χ3v) is 4.02. The van der Waals surface area contributed by atoms with Crippen LogP contribution >= 0.6 is 0 Å². The fraction of sp³-hybridized carbons (Fsp3) is 0.538. The van der Waals surface area contributed by atoms with E-state index in [-0.39, 0.29) is 5.91 Å². The van der Waals surface area contributed by atoms with E-state index in [1.165, 1.54) is 25.7 Å². The number of piperidine rings is 1. The van der Waals surface area contributed by atoms with Crippen LogP contribution < -0.4 is 10.6 Å². The van der Waals surface area contributed by atoms with Gasteiger partial charge < -0.3 is 10.6 Å². The fourth-order valence-electron chi connectivity index (χ4n) is 2.85. The molecular formula is C13H17N3O. The Morgan fingerprint density at radius 1 is 1.41 bits per heavy atom. The number of nitrogens with two attached hydrogens (primary N) is 1. The summed E-state index contributed by atoms with van der Waals surface area (Å²) in [5.41, 5.74) is 7.44. The standard InChI is InChI=1S/C13H17N3O/c14-12(17)10-8-15-6-2-11(10)16-7-1-3-13(9-16)4-5-13/h2,6,8H,1,3-5,7,9H2,(H2,14,17). The van der Waals surface area contributed by atoms with Crippen molar-refractivity contribution in [2.45, 2.75) is 25.7 Å². The lowest BCUT2D eigenvalue weighted by Crippen LogP contribution is -2.37. The van der Waals surface area contributed by atoms with Gasteiger partial charge >= 0.3 is 0 Å². The summed E-state index contributed by atoms with van der Waals surface area (Å²) in [6.07, 6.45) is 8.52. The first-order valence-corrected chi connectivity index (χ1v) is 6.19. The van der Waals surface area contributed by atoms with E-state index in [1.54, 1.807) is 12.4 Å². The van der Waals surface area contributed by atoms with E-state index in [0.29, 0.717) is 11.0 Å². The number of carbonyl (C=O) groups excluding carboxylic acids is 1. The Labute approximate surface area is 101 Å². The Bertz CT molecular complexity index is 454. The van der Waals surface area contributed by atoms with Crippen molar-refractivity contribution in [2.75, 3.05) is 18.0 Å². The third kappa shape index (κ3) is 1.88. The molecule has 1 aromatic rings. The van der Waals surface area contributed by atoms with Gasteiger partial charge in [0, 0.05) is 25.5 Å². The molecule has 1 amide bonds. The van der Waals surface area contributed by atoms with E-state index in [1.807, 2.05) is 6.07 Å². The van der Waals surface area contributed by atoms with Gasteiger partial charge in [0.15, 0.2) is 0 Å². The van der Waals surface area contributed by atoms with Gasteiger partial charge in [-0.3, -0.25) is 9.78 Å². The van der Waals surface area contributed by atoms with E-state index in [2.05, 4.69) is 9.88 Å². The largest absolute Gasteiger partial charge is 0.370 e. The molecule has 90 valence electrons. The summed E-state index contributed by atoms with van der Waals surface area (Å²) < 4.78 is 0. The fourth-order valence-corrected chi connectivity index (χ4v) is 2.85. The molecule has 4 nitrogen and oxygen atoms in total. The molecule has 0 atom stereocenters. The first-order chi connectivity index (χ1) is 8.20. The summed E-state index contributed by atoms with van der Waals surface area (Å²) in [6.45, 7) is 2.09. The lowest BCUT2D eigenvalue weighted by atomic mass is 9.94. The predicted molar refractivity (Wildman–Crippen MR) is 65.9 cm³/mol. The number of carbonyl (C=O) groups is 1. The van der Waals surface area contributed by atoms with Crippen LogP contribution in [0.3, 0.4) is 0 Å². The molecule has 4 heteroatoms. The van der Waals surface area contributed by atoms with E-state index in [0.717, 1.165) is 18.8 Å². The van der Waals surface area contributed by atoms with Gasteiger partial charge in [-0.15, -0.1) is 0 Å². The zero-order chi connectivity index (χ0) is 11.9. The lowest BCUT2D eigenvalue weighted by molar-refractivity contribution is 0.1000. The highest BCUT2D eigenvalue weighted by Gasteiger charge is 2.45. The van der Waals surface area contributed by atoms with Crippen molar-refractivity contribution in [3.05, 3.63) is 24.0 Å². The number of amides is 1. The van der Waals surface area contributed by atoms with Crippen LogP contribution in [0.5, 0.6) is 0 Å². The molecule has 2 fully saturated rings. The van der Waals surface area contributed by atoms with E-state index in [4.69, 9.17) is 5.73 Å². The molecule has 1 spiro atoms. The Hall–Kier alpha value is -1.58. The van der Waals surface area contributed by atoms with Gasteiger partial charge in [0.25, 0.3) is 5.91 Å². The molecule has 3 rings (SSSR count). The highest BCUT2D eigenvalue weighted by molar-refractivity contribution is 5.98. The maximum atomic E-state index is 11.4. The Kier molecular flexibility index (Phi) is 2.31. The quantitative estimate of drug-likeness (QED) is 0.840. The molecule has 1 aromatic heterocycles. The highest BCUT2D eigenvalue weighted by Crippen LogP contribution is 2.52. The predicted octanol–water partition coefficient (Wildman–Crippen LogP) is 1.56. The normalized spacial score (nSPS) is 21.5. The van der Waals surface area contributed by atoms with Gasteiger partial charge in [-0.05, 0) is 37.2 Å². The zero-order valence-corrected chi connectivity index (χ0v) is 9.85. The van der Waals surface area contributed by atoms with Crippen LogP contribution in [0, 0.1) is 5.41 Å². The summed E-state index contributed by atoms with van der Waals surface area (Å²) in [6, 6.07) is 1.90. The number of pyridine rings is 1. The maximum Gasteiger partial charge on any atom is 0.252 e. The minimum Gasteiger partial charge on any atom is -0.370 e. The second-order valence-corrected chi connectivity index (χ2v) is 5.28. The van der Waals surface area contributed by atoms with Crippen LogP contribution in [-0.2, 0) is 0 Å². The molecule has 0 radical (unpaired) electrons. The Balaban J connectivity index is 1.90. The molecule has 2 N–H and O–H groups in total. The van der Waals surface area contributed by atoms with Crippen molar-refractivity contribution >= 4 is 11.6 Å². The van der Waals surface area contributed by atoms with Crippen LogP contribution in [0.15, 0.2) is 18.5 Å². The summed E-state index contributed by atoms with van der Waals surface area (Å²) in [5, 5.41) is 0. The first kappa shape index (κ1) is 10.6. The zero-order valence-electron chi connectivity index (χ0n) is 9.85. The molecule has 1 saturated carbocycles. The molecular weight excluding hydrogens is 214 g/mol. The Morgan fingerprint density at radius 3 is 2.94 bits per heavy atom. The SMILES string of the molecule is NC(=O)c1cnccc1N1CCCC2(CC2)C1. The van der Waals surface area contributed by atoms with Crippen molar-refractivity contribution in [1.29, 1.82) is 0 Å². The van der Waals surface area contributed by atoms with E-state index in [9.17, 15) is 4.79 Å². The third-order valence-electron chi connectivity index (χ3n) is 4.02. The highest BCUT2D eigenvalue weighted by atomic mass is 16.1. The summed E-state index contributed by atoms with van der Waals surface area (Å²) in [5.74, 6) is -0.386. The molecule has 17 heavy (non-hydrogen) atoms. The number of primary amides is 1. The first-order valence-electron chi connectivity index (χ1n) is 6.19. The number of hydrogen-bond acceptors (Lipinski definition) is 3. The molecule has 0 aromatic carbocycles. The summed E-state index contributed by atoms with van der Waals surface area (Å²) in [4.78, 5) is 17.7. The minimum atomic E-state index is -0.386. The molecule has 0 bridgehead atoms. The number of rotatable bonds is 2. The van der Waals surface area contributed by atoms with E-state index >= 15 is 0 Å². The van der Waals surface area contributed by atoms with Gasteiger partial charge in [-0.25, -0.2) is 0 Å². The van der Waals surface area contributed by atoms with Gasteiger partial charge in [-0.2, -0.15) is 0 Å². The second-order valence-electron chi connectivity index (χ2n) is 5.28. The Morgan fingerprint density at radius 2 is 2.24 bits per heavy atom. The number of aromatic nitrogens is 1. The van der Waals surface area contributed by atoms with Crippen LogP contribution in [-0.4, -0.2) is 24.0 Å². The van der Waals surface area contributed by atoms with Crippen LogP contribution in [0.2, 0.25) is 0 Å². The summed E-state index contributed by atoms with van der Waals surface area (Å²) in [7, 11) is 0.